The molecule has 0 aromatic heterocycles. The third-order valence-corrected chi connectivity index (χ3v) is 3.11. The van der Waals surface area contributed by atoms with Crippen molar-refractivity contribution in [3.8, 4) is 5.75 Å². The zero-order valence-electron chi connectivity index (χ0n) is 12.8. The highest BCUT2D eigenvalue weighted by molar-refractivity contribution is 5.78. The molecule has 1 aromatic carbocycles. The zero-order valence-corrected chi connectivity index (χ0v) is 12.8. The molecule has 116 valence electrons. The Hall–Kier alpha value is -2.04. The molecule has 0 aliphatic rings. The van der Waals surface area contributed by atoms with E-state index in [1.165, 1.54) is 0 Å². The maximum Gasteiger partial charge on any atom is 0.310 e. The monoisotopic (exact) mass is 293 g/mol. The summed E-state index contributed by atoms with van der Waals surface area (Å²) >= 11 is 0. The first-order valence-corrected chi connectivity index (χ1v) is 7.01. The zero-order chi connectivity index (χ0) is 15.9. The van der Waals surface area contributed by atoms with Gasteiger partial charge in [0.15, 0.2) is 0 Å². The number of benzene rings is 1. The molecule has 0 spiro atoms. The van der Waals surface area contributed by atoms with E-state index >= 15 is 0 Å². The molecule has 1 rings (SSSR count). The summed E-state index contributed by atoms with van der Waals surface area (Å²) in [6.07, 6.45) is 0.911. The molecular formula is C16H23NO4. The van der Waals surface area contributed by atoms with Crippen LogP contribution in [0.4, 0.5) is 0 Å². The van der Waals surface area contributed by atoms with E-state index < -0.39 is 11.4 Å². The van der Waals surface area contributed by atoms with E-state index in [-0.39, 0.29) is 12.5 Å². The Morgan fingerprint density at radius 1 is 1.33 bits per heavy atom. The highest BCUT2D eigenvalue weighted by Crippen LogP contribution is 2.14. The molecule has 0 aliphatic carbocycles. The van der Waals surface area contributed by atoms with Crippen molar-refractivity contribution in [3.05, 3.63) is 29.8 Å². The van der Waals surface area contributed by atoms with Gasteiger partial charge in [-0.3, -0.25) is 9.59 Å². The Bertz CT molecular complexity index is 497. The summed E-state index contributed by atoms with van der Waals surface area (Å²) in [4.78, 5) is 22.5. The lowest BCUT2D eigenvalue weighted by molar-refractivity contribution is -0.146. The number of carboxylic acids is 1. The van der Waals surface area contributed by atoms with E-state index in [1.54, 1.807) is 13.8 Å². The molecule has 5 nitrogen and oxygen atoms in total. The van der Waals surface area contributed by atoms with E-state index in [2.05, 4.69) is 5.32 Å². The first kappa shape index (κ1) is 17.0. The van der Waals surface area contributed by atoms with Crippen LogP contribution in [0.1, 0.15) is 32.3 Å². The molecule has 1 amide bonds. The summed E-state index contributed by atoms with van der Waals surface area (Å²) < 4.78 is 5.55. The molecule has 0 atom stereocenters. The van der Waals surface area contributed by atoms with Gasteiger partial charge in [0.1, 0.15) is 5.75 Å². The number of hydrogen-bond donors (Lipinski definition) is 2. The molecule has 0 unspecified atom stereocenters. The maximum atomic E-state index is 11.6. The molecule has 5 heteroatoms. The van der Waals surface area contributed by atoms with Crippen LogP contribution in [0.25, 0.3) is 0 Å². The van der Waals surface area contributed by atoms with Gasteiger partial charge < -0.3 is 15.2 Å². The largest absolute Gasteiger partial charge is 0.494 e. The van der Waals surface area contributed by atoms with E-state index in [1.807, 2.05) is 31.2 Å². The predicted octanol–water partition coefficient (Wildman–Crippen LogP) is 2.38. The predicted molar refractivity (Wildman–Crippen MR) is 80.3 cm³/mol. The second-order valence-corrected chi connectivity index (χ2v) is 5.73. The van der Waals surface area contributed by atoms with Crippen LogP contribution in [-0.4, -0.2) is 30.1 Å². The van der Waals surface area contributed by atoms with Crippen LogP contribution in [0.3, 0.4) is 0 Å². The van der Waals surface area contributed by atoms with Crippen LogP contribution < -0.4 is 10.1 Å². The summed E-state index contributed by atoms with van der Waals surface area (Å²) in [6.45, 7) is 5.73. The molecule has 0 fully saturated rings. The van der Waals surface area contributed by atoms with Gasteiger partial charge >= 0.3 is 5.97 Å². The Morgan fingerprint density at radius 3 is 2.67 bits per heavy atom. The number of aryl methyl sites for hydroxylation is 1. The molecule has 0 saturated heterocycles. The first-order valence-electron chi connectivity index (χ1n) is 7.01. The molecular weight excluding hydrogens is 270 g/mol. The SMILES string of the molecule is Cc1cccc(OCCCC(=O)NCC(C)(C)C(=O)O)c1. The van der Waals surface area contributed by atoms with Crippen LogP contribution in [0, 0.1) is 12.3 Å². The first-order chi connectivity index (χ1) is 9.81. The smallest absolute Gasteiger partial charge is 0.310 e. The molecule has 0 radical (unpaired) electrons. The van der Waals surface area contributed by atoms with Crippen LogP contribution in [-0.2, 0) is 9.59 Å². The van der Waals surface area contributed by atoms with Gasteiger partial charge in [-0.25, -0.2) is 0 Å². The average Bonchev–Trinajstić information content (AvgIpc) is 2.41. The van der Waals surface area contributed by atoms with Gasteiger partial charge in [-0.2, -0.15) is 0 Å². The van der Waals surface area contributed by atoms with Crippen molar-refractivity contribution in [1.82, 2.24) is 5.32 Å². The number of aliphatic carboxylic acids is 1. The standard InChI is InChI=1S/C16H23NO4/c1-12-6-4-7-13(10-12)21-9-5-8-14(18)17-11-16(2,3)15(19)20/h4,6-7,10H,5,8-9,11H2,1-3H3,(H,17,18)(H,19,20). The number of hydrogen-bond acceptors (Lipinski definition) is 3. The number of ether oxygens (including phenoxy) is 1. The number of amides is 1. The van der Waals surface area contributed by atoms with Gasteiger partial charge in [-0.15, -0.1) is 0 Å². The third-order valence-electron chi connectivity index (χ3n) is 3.11. The highest BCUT2D eigenvalue weighted by Gasteiger charge is 2.27. The van der Waals surface area contributed by atoms with Gasteiger partial charge in [0, 0.05) is 13.0 Å². The number of carbonyl (C=O) groups excluding carboxylic acids is 1. The van der Waals surface area contributed by atoms with Crippen molar-refractivity contribution in [1.29, 1.82) is 0 Å². The fraction of sp³-hybridized carbons (Fsp3) is 0.500. The van der Waals surface area contributed by atoms with E-state index in [0.717, 1.165) is 11.3 Å². The van der Waals surface area contributed by atoms with Gasteiger partial charge in [-0.1, -0.05) is 12.1 Å². The third kappa shape index (κ3) is 6.29. The molecule has 0 saturated carbocycles. The summed E-state index contributed by atoms with van der Waals surface area (Å²) in [5, 5.41) is 11.6. The molecule has 0 aliphatic heterocycles. The molecule has 21 heavy (non-hydrogen) atoms. The van der Waals surface area contributed by atoms with E-state index in [4.69, 9.17) is 9.84 Å². The van der Waals surface area contributed by atoms with Crippen LogP contribution in [0.15, 0.2) is 24.3 Å². The van der Waals surface area contributed by atoms with Crippen molar-refractivity contribution < 1.29 is 19.4 Å². The van der Waals surface area contributed by atoms with Gasteiger partial charge in [-0.05, 0) is 44.9 Å². The minimum absolute atomic E-state index is 0.125. The van der Waals surface area contributed by atoms with Gasteiger partial charge in [0.25, 0.3) is 0 Å². The summed E-state index contributed by atoms with van der Waals surface area (Å²) in [5.41, 5.74) is 0.175. The van der Waals surface area contributed by atoms with Crippen LogP contribution >= 0.6 is 0 Å². The second-order valence-electron chi connectivity index (χ2n) is 5.73. The minimum Gasteiger partial charge on any atom is -0.494 e. The number of nitrogens with one attached hydrogen (secondary N) is 1. The fourth-order valence-corrected chi connectivity index (χ4v) is 1.61. The maximum absolute atomic E-state index is 11.6. The number of rotatable bonds is 8. The minimum atomic E-state index is -0.951. The van der Waals surface area contributed by atoms with Crippen LogP contribution in [0.2, 0.25) is 0 Å². The topological polar surface area (TPSA) is 75.6 Å². The van der Waals surface area contributed by atoms with E-state index in [0.29, 0.717) is 19.4 Å². The molecule has 0 bridgehead atoms. The summed E-state index contributed by atoms with van der Waals surface area (Å²) in [5.74, 6) is -0.287. The normalized spacial score (nSPS) is 11.0. The van der Waals surface area contributed by atoms with Crippen molar-refractivity contribution >= 4 is 11.9 Å². The number of carbonyl (C=O) groups is 2. The Balaban J connectivity index is 2.21. The van der Waals surface area contributed by atoms with Crippen molar-refractivity contribution in [2.75, 3.05) is 13.2 Å². The van der Waals surface area contributed by atoms with Crippen molar-refractivity contribution in [2.24, 2.45) is 5.41 Å². The molecule has 0 heterocycles. The average molecular weight is 293 g/mol. The molecule has 1 aromatic rings. The Labute approximate surface area is 125 Å². The number of carboxylic acid groups (broad SMARTS) is 1. The summed E-state index contributed by atoms with van der Waals surface area (Å²) in [7, 11) is 0. The fourth-order valence-electron chi connectivity index (χ4n) is 1.61. The quantitative estimate of drug-likeness (QED) is 0.722. The lowest BCUT2D eigenvalue weighted by Crippen LogP contribution is -2.38. The van der Waals surface area contributed by atoms with Crippen molar-refractivity contribution in [3.63, 3.8) is 0 Å². The highest BCUT2D eigenvalue weighted by atomic mass is 16.5. The lowest BCUT2D eigenvalue weighted by Gasteiger charge is -2.19. The Morgan fingerprint density at radius 2 is 2.05 bits per heavy atom. The molecule has 2 N–H and O–H groups in total. The Kier molecular flexibility index (Phi) is 6.21. The van der Waals surface area contributed by atoms with Gasteiger partial charge in [0.05, 0.1) is 12.0 Å². The second kappa shape index (κ2) is 7.67. The lowest BCUT2D eigenvalue weighted by atomic mass is 9.94. The van der Waals surface area contributed by atoms with Gasteiger partial charge in [0.2, 0.25) is 5.91 Å². The van der Waals surface area contributed by atoms with E-state index in [9.17, 15) is 9.59 Å². The van der Waals surface area contributed by atoms with Crippen molar-refractivity contribution in [2.45, 2.75) is 33.6 Å². The summed E-state index contributed by atoms with van der Waals surface area (Å²) in [6, 6.07) is 7.73. The van der Waals surface area contributed by atoms with Crippen LogP contribution in [0.5, 0.6) is 5.75 Å².